The average molecular weight is 276 g/mol. The number of rotatable bonds is 5. The minimum Gasteiger partial charge on any atom is -0.390 e. The molecule has 5 nitrogen and oxygen atoms in total. The van der Waals surface area contributed by atoms with Crippen molar-refractivity contribution < 1.29 is 15.0 Å². The molecule has 0 saturated carbocycles. The Balaban J connectivity index is 2.54. The van der Waals surface area contributed by atoms with Gasteiger partial charge in [-0.15, -0.1) is 0 Å². The fourth-order valence-corrected chi connectivity index (χ4v) is 2.89. The van der Waals surface area contributed by atoms with Crippen molar-refractivity contribution in [1.29, 1.82) is 0 Å². The van der Waals surface area contributed by atoms with Crippen LogP contribution in [0.3, 0.4) is 0 Å². The predicted octanol–water partition coefficient (Wildman–Crippen LogP) is 1.10. The highest BCUT2D eigenvalue weighted by molar-refractivity contribution is 8.13. The van der Waals surface area contributed by atoms with Gasteiger partial charge < -0.3 is 15.9 Å². The van der Waals surface area contributed by atoms with E-state index in [1.54, 1.807) is 6.92 Å². The SMILES string of the molecule is CC(=O)SCCC(O)C(O)c1sc(N)nc1C. The molecule has 4 N–H and O–H groups in total. The number of nitrogens with two attached hydrogens (primary N) is 1. The zero-order chi connectivity index (χ0) is 13.0. The summed E-state index contributed by atoms with van der Waals surface area (Å²) >= 11 is 2.31. The second-order valence-corrected chi connectivity index (χ2v) is 5.98. The lowest BCUT2D eigenvalue weighted by atomic mass is 10.1. The normalized spacial score (nSPS) is 14.6. The zero-order valence-corrected chi connectivity index (χ0v) is 11.3. The Morgan fingerprint density at radius 2 is 2.24 bits per heavy atom. The van der Waals surface area contributed by atoms with Gasteiger partial charge in [0.1, 0.15) is 6.10 Å². The van der Waals surface area contributed by atoms with Crippen molar-refractivity contribution in [2.24, 2.45) is 0 Å². The quantitative estimate of drug-likeness (QED) is 0.745. The van der Waals surface area contributed by atoms with Crippen LogP contribution < -0.4 is 5.73 Å². The Morgan fingerprint density at radius 3 is 2.71 bits per heavy atom. The molecule has 0 saturated heterocycles. The van der Waals surface area contributed by atoms with E-state index >= 15 is 0 Å². The number of aliphatic hydroxyl groups is 2. The number of hydrogen-bond donors (Lipinski definition) is 3. The number of hydrogen-bond acceptors (Lipinski definition) is 7. The van der Waals surface area contributed by atoms with Crippen LogP contribution in [0.4, 0.5) is 5.13 Å². The Morgan fingerprint density at radius 1 is 1.59 bits per heavy atom. The van der Waals surface area contributed by atoms with Gasteiger partial charge in [-0.2, -0.15) is 0 Å². The number of aromatic nitrogens is 1. The minimum atomic E-state index is -0.989. The third kappa shape index (κ3) is 4.27. The van der Waals surface area contributed by atoms with Gasteiger partial charge in [0.2, 0.25) is 0 Å². The van der Waals surface area contributed by atoms with Gasteiger partial charge in [0.15, 0.2) is 10.2 Å². The lowest BCUT2D eigenvalue weighted by molar-refractivity contribution is -0.109. The van der Waals surface area contributed by atoms with E-state index in [9.17, 15) is 15.0 Å². The highest BCUT2D eigenvalue weighted by Crippen LogP contribution is 2.29. The number of nitrogen functional groups attached to an aromatic ring is 1. The van der Waals surface area contributed by atoms with Gasteiger partial charge in [0.25, 0.3) is 0 Å². The molecule has 96 valence electrons. The molecule has 0 aromatic carbocycles. The van der Waals surface area contributed by atoms with Crippen LogP contribution in [-0.4, -0.2) is 32.2 Å². The van der Waals surface area contributed by atoms with Crippen LogP contribution >= 0.6 is 23.1 Å². The molecule has 1 rings (SSSR count). The van der Waals surface area contributed by atoms with Gasteiger partial charge in [0.05, 0.1) is 16.7 Å². The molecule has 0 aliphatic carbocycles. The molecule has 7 heteroatoms. The molecule has 17 heavy (non-hydrogen) atoms. The summed E-state index contributed by atoms with van der Waals surface area (Å²) in [5.41, 5.74) is 6.16. The predicted molar refractivity (Wildman–Crippen MR) is 70.0 cm³/mol. The average Bonchev–Trinajstić information content (AvgIpc) is 2.56. The van der Waals surface area contributed by atoms with Crippen molar-refractivity contribution in [3.05, 3.63) is 10.6 Å². The number of aliphatic hydroxyl groups excluding tert-OH is 2. The van der Waals surface area contributed by atoms with E-state index in [1.807, 2.05) is 0 Å². The molecular formula is C10H16N2O3S2. The molecule has 1 aromatic heterocycles. The van der Waals surface area contributed by atoms with Crippen molar-refractivity contribution >= 4 is 33.3 Å². The van der Waals surface area contributed by atoms with Crippen molar-refractivity contribution in [3.63, 3.8) is 0 Å². The summed E-state index contributed by atoms with van der Waals surface area (Å²) in [4.78, 5) is 15.3. The number of aryl methyl sites for hydroxylation is 1. The zero-order valence-electron chi connectivity index (χ0n) is 9.71. The van der Waals surface area contributed by atoms with E-state index < -0.39 is 12.2 Å². The highest BCUT2D eigenvalue weighted by atomic mass is 32.2. The standard InChI is InChI=1S/C10H16N2O3S2/c1-5-9(17-10(11)12-5)8(15)7(14)3-4-16-6(2)13/h7-8,14-15H,3-4H2,1-2H3,(H2,11,12). The van der Waals surface area contributed by atoms with Gasteiger partial charge >= 0.3 is 0 Å². The van der Waals surface area contributed by atoms with Gasteiger partial charge in [-0.05, 0) is 13.3 Å². The Bertz CT molecular complexity index is 395. The van der Waals surface area contributed by atoms with Crippen LogP contribution in [0.15, 0.2) is 0 Å². The van der Waals surface area contributed by atoms with Crippen LogP contribution in [0.2, 0.25) is 0 Å². The summed E-state index contributed by atoms with van der Waals surface area (Å²) in [6.45, 7) is 3.21. The first kappa shape index (κ1) is 14.4. The van der Waals surface area contributed by atoms with E-state index in [4.69, 9.17) is 5.73 Å². The fraction of sp³-hybridized carbons (Fsp3) is 0.600. The van der Waals surface area contributed by atoms with E-state index in [0.717, 1.165) is 11.8 Å². The van der Waals surface area contributed by atoms with Gasteiger partial charge in [-0.25, -0.2) is 4.98 Å². The maximum Gasteiger partial charge on any atom is 0.185 e. The number of nitrogens with zero attached hydrogens (tertiary/aromatic N) is 1. The van der Waals surface area contributed by atoms with Crippen LogP contribution in [-0.2, 0) is 4.79 Å². The number of carbonyl (C=O) groups excluding carboxylic acids is 1. The molecule has 0 amide bonds. The Kier molecular flexibility index (Phi) is 5.38. The molecular weight excluding hydrogens is 260 g/mol. The minimum absolute atomic E-state index is 0.00454. The first-order chi connectivity index (χ1) is 7.91. The number of anilines is 1. The number of carbonyl (C=O) groups is 1. The largest absolute Gasteiger partial charge is 0.390 e. The molecule has 0 aliphatic rings. The van der Waals surface area contributed by atoms with E-state index in [0.29, 0.717) is 27.9 Å². The second kappa shape index (κ2) is 6.34. The first-order valence-corrected chi connectivity index (χ1v) is 6.94. The summed E-state index contributed by atoms with van der Waals surface area (Å²) in [6.07, 6.45) is -1.54. The molecule has 0 bridgehead atoms. The molecule has 0 radical (unpaired) electrons. The van der Waals surface area contributed by atoms with E-state index in [-0.39, 0.29) is 5.12 Å². The molecule has 2 unspecified atom stereocenters. The Hall–Kier alpha value is -0.630. The maximum atomic E-state index is 10.7. The van der Waals surface area contributed by atoms with E-state index in [2.05, 4.69) is 4.98 Å². The highest BCUT2D eigenvalue weighted by Gasteiger charge is 2.22. The van der Waals surface area contributed by atoms with Crippen molar-refractivity contribution in [2.45, 2.75) is 32.5 Å². The summed E-state index contributed by atoms with van der Waals surface area (Å²) in [7, 11) is 0. The first-order valence-electron chi connectivity index (χ1n) is 5.14. The second-order valence-electron chi connectivity index (χ2n) is 3.64. The lowest BCUT2D eigenvalue weighted by Gasteiger charge is -2.16. The molecule has 1 aromatic rings. The third-order valence-electron chi connectivity index (χ3n) is 2.20. The van der Waals surface area contributed by atoms with Gasteiger partial charge in [0, 0.05) is 12.7 Å². The maximum absolute atomic E-state index is 10.7. The smallest absolute Gasteiger partial charge is 0.185 e. The topological polar surface area (TPSA) is 96.4 Å². The van der Waals surface area contributed by atoms with Crippen molar-refractivity contribution in [1.82, 2.24) is 4.98 Å². The Labute approximate surface area is 108 Å². The van der Waals surface area contributed by atoms with Crippen LogP contribution in [0, 0.1) is 6.92 Å². The molecule has 0 spiro atoms. The van der Waals surface area contributed by atoms with Crippen molar-refractivity contribution in [2.75, 3.05) is 11.5 Å². The summed E-state index contributed by atoms with van der Waals surface area (Å²) < 4.78 is 0. The van der Waals surface area contributed by atoms with Gasteiger partial charge in [-0.1, -0.05) is 23.1 Å². The molecule has 0 aliphatic heterocycles. The van der Waals surface area contributed by atoms with Crippen LogP contribution in [0.1, 0.15) is 30.0 Å². The van der Waals surface area contributed by atoms with E-state index in [1.165, 1.54) is 18.3 Å². The summed E-state index contributed by atoms with van der Waals surface area (Å²) in [5, 5.41) is 20.1. The van der Waals surface area contributed by atoms with Crippen molar-refractivity contribution in [3.8, 4) is 0 Å². The summed E-state index contributed by atoms with van der Waals surface area (Å²) in [6, 6.07) is 0. The van der Waals surface area contributed by atoms with Crippen LogP contribution in [0.25, 0.3) is 0 Å². The third-order valence-corrected chi connectivity index (χ3v) is 4.10. The van der Waals surface area contributed by atoms with Gasteiger partial charge in [-0.3, -0.25) is 4.79 Å². The number of thioether (sulfide) groups is 1. The summed E-state index contributed by atoms with van der Waals surface area (Å²) in [5.74, 6) is 0.487. The van der Waals surface area contributed by atoms with Crippen LogP contribution in [0.5, 0.6) is 0 Å². The molecule has 0 fully saturated rings. The fourth-order valence-electron chi connectivity index (χ4n) is 1.36. The molecule has 1 heterocycles. The lowest BCUT2D eigenvalue weighted by Crippen LogP contribution is -2.19. The molecule has 2 atom stereocenters. The monoisotopic (exact) mass is 276 g/mol. The number of thiazole rings is 1.